The number of benzene rings is 1. The normalized spacial score (nSPS) is 11.1. The molecule has 2 aromatic heterocycles. The van der Waals surface area contributed by atoms with Crippen LogP contribution in [0.2, 0.25) is 0 Å². The molecule has 0 bridgehead atoms. The number of carbonyl (C=O) groups excluding carboxylic acids is 1. The summed E-state index contributed by atoms with van der Waals surface area (Å²) < 4.78 is 12.6. The Bertz CT molecular complexity index is 866. The van der Waals surface area contributed by atoms with E-state index in [0.717, 1.165) is 34.1 Å². The number of hydrogen-bond acceptors (Lipinski definition) is 6. The van der Waals surface area contributed by atoms with Crippen LogP contribution in [-0.4, -0.2) is 26.2 Å². The van der Waals surface area contributed by atoms with Crippen molar-refractivity contribution in [1.82, 2.24) is 20.2 Å². The molecule has 3 aromatic rings. The molecule has 3 rings (SSSR count). The molecule has 0 saturated carbocycles. The van der Waals surface area contributed by atoms with Crippen molar-refractivity contribution in [2.24, 2.45) is 0 Å². The highest BCUT2D eigenvalue weighted by Crippen LogP contribution is 2.26. The van der Waals surface area contributed by atoms with Crippen LogP contribution >= 0.6 is 0 Å². The largest absolute Gasteiger partial charge is 0.464 e. The number of nitrogens with zero attached hydrogens (tertiary/aromatic N) is 4. The van der Waals surface area contributed by atoms with E-state index >= 15 is 0 Å². The van der Waals surface area contributed by atoms with Gasteiger partial charge in [0.2, 0.25) is 0 Å². The zero-order chi connectivity index (χ0) is 17.1. The highest BCUT2D eigenvalue weighted by atomic mass is 16.5. The molecule has 7 heteroatoms. The van der Waals surface area contributed by atoms with Gasteiger partial charge in [-0.1, -0.05) is 19.1 Å². The maximum atomic E-state index is 12.1. The van der Waals surface area contributed by atoms with E-state index in [0.29, 0.717) is 12.4 Å². The van der Waals surface area contributed by atoms with Crippen LogP contribution in [0.1, 0.15) is 35.9 Å². The molecular formula is C17H20N4O3. The molecule has 0 N–H and O–H groups in total. The lowest BCUT2D eigenvalue weighted by Gasteiger charge is -2.05. The Kier molecular flexibility index (Phi) is 4.59. The number of ether oxygens (including phenoxy) is 1. The van der Waals surface area contributed by atoms with E-state index in [2.05, 4.69) is 15.5 Å². The van der Waals surface area contributed by atoms with Crippen molar-refractivity contribution in [2.75, 3.05) is 0 Å². The first-order chi connectivity index (χ1) is 11.6. The predicted molar refractivity (Wildman–Crippen MR) is 87.3 cm³/mol. The molecule has 24 heavy (non-hydrogen) atoms. The Morgan fingerprint density at radius 1 is 1.33 bits per heavy atom. The molecule has 0 atom stereocenters. The van der Waals surface area contributed by atoms with Crippen molar-refractivity contribution < 1.29 is 13.9 Å². The van der Waals surface area contributed by atoms with Gasteiger partial charge in [0.15, 0.2) is 12.4 Å². The second-order valence-electron chi connectivity index (χ2n) is 5.80. The lowest BCUT2D eigenvalue weighted by atomic mass is 10.0. The second-order valence-corrected chi connectivity index (χ2v) is 5.80. The molecule has 7 nitrogen and oxygen atoms in total. The number of esters is 1. The zero-order valence-corrected chi connectivity index (χ0v) is 14.1. The van der Waals surface area contributed by atoms with Gasteiger partial charge in [-0.3, -0.25) is 4.79 Å². The summed E-state index contributed by atoms with van der Waals surface area (Å²) in [4.78, 5) is 12.1. The Labute approximate surface area is 139 Å². The third-order valence-electron chi connectivity index (χ3n) is 4.08. The minimum absolute atomic E-state index is 0.0692. The van der Waals surface area contributed by atoms with Gasteiger partial charge in [0.25, 0.3) is 0 Å². The molecule has 0 saturated heterocycles. The average molecular weight is 328 g/mol. The smallest absolute Gasteiger partial charge is 0.310 e. The van der Waals surface area contributed by atoms with Crippen molar-refractivity contribution in [3.8, 4) is 0 Å². The minimum Gasteiger partial charge on any atom is -0.464 e. The van der Waals surface area contributed by atoms with Crippen LogP contribution in [0, 0.1) is 13.8 Å². The number of tetrazole rings is 1. The summed E-state index contributed by atoms with van der Waals surface area (Å²) in [6.07, 6.45) is 2.69. The van der Waals surface area contributed by atoms with E-state index in [9.17, 15) is 4.79 Å². The van der Waals surface area contributed by atoms with Crippen LogP contribution in [0.15, 0.2) is 22.8 Å². The van der Waals surface area contributed by atoms with Gasteiger partial charge in [-0.25, -0.2) is 4.68 Å². The van der Waals surface area contributed by atoms with Crippen LogP contribution < -0.4 is 0 Å². The van der Waals surface area contributed by atoms with Crippen molar-refractivity contribution in [1.29, 1.82) is 0 Å². The van der Waals surface area contributed by atoms with Gasteiger partial charge in [0, 0.05) is 17.5 Å². The molecule has 0 aliphatic rings. The molecule has 0 unspecified atom stereocenters. The van der Waals surface area contributed by atoms with E-state index in [1.165, 1.54) is 0 Å². The minimum atomic E-state index is -0.332. The summed E-state index contributed by atoms with van der Waals surface area (Å²) in [6, 6.07) is 4.01. The number of fused-ring (bicyclic) bond motifs is 1. The molecule has 0 fully saturated rings. The number of carbonyl (C=O) groups is 1. The van der Waals surface area contributed by atoms with Crippen LogP contribution in [0.3, 0.4) is 0 Å². The van der Waals surface area contributed by atoms with Crippen molar-refractivity contribution in [3.05, 3.63) is 40.9 Å². The third kappa shape index (κ3) is 3.15. The molecule has 0 aliphatic heterocycles. The molecule has 126 valence electrons. The van der Waals surface area contributed by atoms with E-state index < -0.39 is 0 Å². The van der Waals surface area contributed by atoms with Gasteiger partial charge in [0.1, 0.15) is 5.58 Å². The first-order valence-electron chi connectivity index (χ1n) is 7.97. The highest BCUT2D eigenvalue weighted by Gasteiger charge is 2.15. The Morgan fingerprint density at radius 2 is 2.17 bits per heavy atom. The SMILES string of the molecule is CCCn1nnnc1COC(=O)Cc1coc2c(C)c(C)ccc12. The molecule has 0 spiro atoms. The van der Waals surface area contributed by atoms with Gasteiger partial charge >= 0.3 is 5.97 Å². The summed E-state index contributed by atoms with van der Waals surface area (Å²) >= 11 is 0. The Hall–Kier alpha value is -2.70. The summed E-state index contributed by atoms with van der Waals surface area (Å²) in [5, 5.41) is 12.3. The lowest BCUT2D eigenvalue weighted by molar-refractivity contribution is -0.144. The summed E-state index contributed by atoms with van der Waals surface area (Å²) in [7, 11) is 0. The monoisotopic (exact) mass is 328 g/mol. The van der Waals surface area contributed by atoms with Crippen LogP contribution in [-0.2, 0) is 29.1 Å². The lowest BCUT2D eigenvalue weighted by Crippen LogP contribution is -2.12. The molecular weight excluding hydrogens is 308 g/mol. The Balaban J connectivity index is 1.67. The van der Waals surface area contributed by atoms with Gasteiger partial charge < -0.3 is 9.15 Å². The fourth-order valence-electron chi connectivity index (χ4n) is 2.59. The van der Waals surface area contributed by atoms with Crippen molar-refractivity contribution in [2.45, 2.75) is 46.8 Å². The van der Waals surface area contributed by atoms with Gasteiger partial charge in [-0.15, -0.1) is 5.10 Å². The second kappa shape index (κ2) is 6.82. The number of rotatable bonds is 6. The standard InChI is InChI=1S/C17H20N4O3/c1-4-7-21-15(18-19-20-21)10-23-16(22)8-13-9-24-17-12(3)11(2)5-6-14(13)17/h5-6,9H,4,7-8,10H2,1-3H3. The van der Waals surface area contributed by atoms with Crippen LogP contribution in [0.25, 0.3) is 11.0 Å². The fourth-order valence-corrected chi connectivity index (χ4v) is 2.59. The number of furan rings is 1. The summed E-state index contributed by atoms with van der Waals surface area (Å²) in [5.41, 5.74) is 3.90. The average Bonchev–Trinajstić information content (AvgIpc) is 3.17. The van der Waals surface area contributed by atoms with Crippen LogP contribution in [0.4, 0.5) is 0 Å². The van der Waals surface area contributed by atoms with E-state index in [4.69, 9.17) is 9.15 Å². The molecule has 2 heterocycles. The van der Waals surface area contributed by atoms with Crippen molar-refractivity contribution >= 4 is 16.9 Å². The molecule has 1 aromatic carbocycles. The summed E-state index contributed by atoms with van der Waals surface area (Å²) in [5.74, 6) is 0.218. The maximum Gasteiger partial charge on any atom is 0.310 e. The fraction of sp³-hybridized carbons (Fsp3) is 0.412. The van der Waals surface area contributed by atoms with E-state index in [1.807, 2.05) is 32.9 Å². The summed E-state index contributed by atoms with van der Waals surface area (Å²) in [6.45, 7) is 6.85. The number of aromatic nitrogens is 4. The van der Waals surface area contributed by atoms with Crippen molar-refractivity contribution in [3.63, 3.8) is 0 Å². The quantitative estimate of drug-likeness (QED) is 0.647. The number of aryl methyl sites for hydroxylation is 3. The molecule has 0 aliphatic carbocycles. The first kappa shape index (κ1) is 16.2. The highest BCUT2D eigenvalue weighted by molar-refractivity contribution is 5.88. The number of hydrogen-bond donors (Lipinski definition) is 0. The Morgan fingerprint density at radius 3 is 2.96 bits per heavy atom. The van der Waals surface area contributed by atoms with Gasteiger partial charge in [0.05, 0.1) is 12.7 Å². The van der Waals surface area contributed by atoms with E-state index in [-0.39, 0.29) is 19.0 Å². The first-order valence-corrected chi connectivity index (χ1v) is 7.97. The van der Waals surface area contributed by atoms with Gasteiger partial charge in [-0.05, 0) is 41.8 Å². The van der Waals surface area contributed by atoms with E-state index in [1.54, 1.807) is 10.9 Å². The predicted octanol–water partition coefficient (Wildman–Crippen LogP) is 2.73. The maximum absolute atomic E-state index is 12.1. The van der Waals surface area contributed by atoms with Crippen LogP contribution in [0.5, 0.6) is 0 Å². The molecule has 0 amide bonds. The topological polar surface area (TPSA) is 83.0 Å². The zero-order valence-electron chi connectivity index (χ0n) is 14.1. The third-order valence-corrected chi connectivity index (χ3v) is 4.08. The molecule has 0 radical (unpaired) electrons. The van der Waals surface area contributed by atoms with Gasteiger partial charge in [-0.2, -0.15) is 0 Å².